The Morgan fingerprint density at radius 1 is 1.22 bits per heavy atom. The van der Waals surface area contributed by atoms with Crippen molar-refractivity contribution < 1.29 is 14.4 Å². The molecule has 1 aromatic carbocycles. The molecule has 0 bridgehead atoms. The second kappa shape index (κ2) is 9.52. The molecule has 168 valence electrons. The van der Waals surface area contributed by atoms with Crippen LogP contribution in [0, 0.1) is 6.92 Å². The van der Waals surface area contributed by atoms with Gasteiger partial charge in [-0.05, 0) is 30.0 Å². The Balaban J connectivity index is 1.29. The molecule has 4 heterocycles. The molecule has 0 saturated carbocycles. The highest BCUT2D eigenvalue weighted by Gasteiger charge is 2.24. The van der Waals surface area contributed by atoms with E-state index in [0.29, 0.717) is 6.54 Å². The summed E-state index contributed by atoms with van der Waals surface area (Å²) in [5.41, 5.74) is 3.74. The molecule has 2 aromatic heterocycles. The second-order valence-corrected chi connectivity index (χ2v) is 9.59. The second-order valence-electron chi connectivity index (χ2n) is 8.60. The number of carbonyl (C=O) groups is 1. The number of quaternary nitrogens is 1. The number of benzene rings is 1. The van der Waals surface area contributed by atoms with Crippen LogP contribution in [0.25, 0.3) is 10.2 Å². The number of nitrogens with one attached hydrogen (secondary N) is 2. The van der Waals surface area contributed by atoms with Gasteiger partial charge in [0.05, 0.1) is 30.0 Å². The molecule has 1 fully saturated rings. The number of amides is 1. The first kappa shape index (κ1) is 21.3. The van der Waals surface area contributed by atoms with Crippen molar-refractivity contribution in [1.29, 1.82) is 0 Å². The minimum atomic E-state index is -0.00239. The summed E-state index contributed by atoms with van der Waals surface area (Å²) in [6, 6.07) is 8.60. The normalized spacial score (nSPS) is 16.8. The van der Waals surface area contributed by atoms with Crippen LogP contribution in [-0.2, 0) is 17.7 Å². The third-order valence-corrected chi connectivity index (χ3v) is 7.73. The topological polar surface area (TPSA) is 71.8 Å². The van der Waals surface area contributed by atoms with Crippen LogP contribution in [0.2, 0.25) is 0 Å². The van der Waals surface area contributed by atoms with Gasteiger partial charge >= 0.3 is 0 Å². The number of hydrogen-bond acceptors (Lipinski definition) is 6. The van der Waals surface area contributed by atoms with Crippen molar-refractivity contribution in [3.8, 4) is 0 Å². The largest absolute Gasteiger partial charge is 0.370 e. The first-order valence-electron chi connectivity index (χ1n) is 11.5. The van der Waals surface area contributed by atoms with Crippen LogP contribution in [0.4, 0.5) is 5.82 Å². The van der Waals surface area contributed by atoms with E-state index in [1.54, 1.807) is 11.2 Å². The minimum Gasteiger partial charge on any atom is -0.370 e. The summed E-state index contributed by atoms with van der Waals surface area (Å²) in [6.45, 7) is 9.35. The molecule has 5 rings (SSSR count). The van der Waals surface area contributed by atoms with E-state index in [-0.39, 0.29) is 5.91 Å². The average Bonchev–Trinajstić information content (AvgIpc) is 3.19. The summed E-state index contributed by atoms with van der Waals surface area (Å²) in [7, 11) is 0. The monoisotopic (exact) mass is 452 g/mol. The summed E-state index contributed by atoms with van der Waals surface area (Å²) < 4.78 is 5.41. The van der Waals surface area contributed by atoms with Crippen LogP contribution in [0.1, 0.15) is 32.8 Å². The molecular formula is C24H30N5O2S+. The van der Waals surface area contributed by atoms with Gasteiger partial charge in [0.2, 0.25) is 0 Å². The van der Waals surface area contributed by atoms with Gasteiger partial charge in [-0.25, -0.2) is 9.97 Å². The molecule has 1 saturated heterocycles. The third kappa shape index (κ3) is 4.35. The van der Waals surface area contributed by atoms with E-state index in [0.717, 1.165) is 85.3 Å². The lowest BCUT2D eigenvalue weighted by atomic mass is 9.99. The summed E-state index contributed by atoms with van der Waals surface area (Å²) >= 11 is 1.47. The smallest absolute Gasteiger partial charge is 0.261 e. The molecule has 8 heteroatoms. The van der Waals surface area contributed by atoms with Crippen molar-refractivity contribution in [2.24, 2.45) is 0 Å². The van der Waals surface area contributed by atoms with Gasteiger partial charge in [0.25, 0.3) is 5.91 Å². The predicted molar refractivity (Wildman–Crippen MR) is 127 cm³/mol. The van der Waals surface area contributed by atoms with Gasteiger partial charge < -0.3 is 19.9 Å². The van der Waals surface area contributed by atoms with E-state index in [4.69, 9.17) is 4.74 Å². The number of carbonyl (C=O) groups excluding carboxylic acids is 1. The van der Waals surface area contributed by atoms with Crippen LogP contribution in [0.15, 0.2) is 30.6 Å². The Labute approximate surface area is 192 Å². The molecule has 0 radical (unpaired) electrons. The molecule has 0 unspecified atom stereocenters. The van der Waals surface area contributed by atoms with E-state index in [1.807, 2.05) is 6.92 Å². The quantitative estimate of drug-likeness (QED) is 0.556. The number of hydrogen-bond donors (Lipinski definition) is 2. The molecular weight excluding hydrogens is 422 g/mol. The number of ether oxygens (including phenoxy) is 1. The molecule has 7 nitrogen and oxygen atoms in total. The van der Waals surface area contributed by atoms with Crippen LogP contribution < -0.4 is 15.1 Å². The molecule has 2 aliphatic rings. The summed E-state index contributed by atoms with van der Waals surface area (Å²) in [4.78, 5) is 27.6. The SMILES string of the molecule is Cc1c(C(=O)NCCC[NH+]2CCOCC2)sc2ncnc(N3CCc4ccccc4C3)c12. The van der Waals surface area contributed by atoms with E-state index in [1.165, 1.54) is 22.5 Å². The Bertz CT molecular complexity index is 1110. The number of rotatable bonds is 6. The van der Waals surface area contributed by atoms with Gasteiger partial charge in [-0.15, -0.1) is 11.3 Å². The number of fused-ring (bicyclic) bond motifs is 2. The van der Waals surface area contributed by atoms with E-state index < -0.39 is 0 Å². The fourth-order valence-corrected chi connectivity index (χ4v) is 5.78. The zero-order valence-electron chi connectivity index (χ0n) is 18.5. The number of aromatic nitrogens is 2. The molecule has 2 aliphatic heterocycles. The lowest BCUT2D eigenvalue weighted by Crippen LogP contribution is -3.14. The average molecular weight is 453 g/mol. The molecule has 3 aromatic rings. The number of morpholine rings is 1. The van der Waals surface area contributed by atoms with E-state index >= 15 is 0 Å². The van der Waals surface area contributed by atoms with Crippen LogP contribution in [0.3, 0.4) is 0 Å². The van der Waals surface area contributed by atoms with Gasteiger partial charge in [-0.2, -0.15) is 0 Å². The summed E-state index contributed by atoms with van der Waals surface area (Å²) in [5.74, 6) is 0.936. The molecule has 0 aliphatic carbocycles. The van der Waals surface area contributed by atoms with Crippen LogP contribution >= 0.6 is 11.3 Å². The van der Waals surface area contributed by atoms with Crippen molar-refractivity contribution in [2.75, 3.05) is 50.8 Å². The molecule has 32 heavy (non-hydrogen) atoms. The lowest BCUT2D eigenvalue weighted by molar-refractivity contribution is -0.908. The van der Waals surface area contributed by atoms with Crippen molar-refractivity contribution in [1.82, 2.24) is 15.3 Å². The van der Waals surface area contributed by atoms with Crippen molar-refractivity contribution in [3.63, 3.8) is 0 Å². The Hall–Kier alpha value is -2.55. The molecule has 0 spiro atoms. The van der Waals surface area contributed by atoms with Gasteiger partial charge in [0, 0.05) is 26.1 Å². The van der Waals surface area contributed by atoms with Crippen LogP contribution in [-0.4, -0.2) is 61.8 Å². The highest BCUT2D eigenvalue weighted by atomic mass is 32.1. The maximum Gasteiger partial charge on any atom is 0.261 e. The maximum atomic E-state index is 12.9. The molecule has 2 N–H and O–H groups in total. The summed E-state index contributed by atoms with van der Waals surface area (Å²) in [6.07, 6.45) is 3.60. The van der Waals surface area contributed by atoms with E-state index in [9.17, 15) is 4.79 Å². The van der Waals surface area contributed by atoms with Crippen molar-refractivity contribution in [2.45, 2.75) is 26.3 Å². The summed E-state index contributed by atoms with van der Waals surface area (Å²) in [5, 5.41) is 4.13. The number of thiophene rings is 1. The highest BCUT2D eigenvalue weighted by Crippen LogP contribution is 2.36. The minimum absolute atomic E-state index is 0.00239. The first-order chi connectivity index (χ1) is 15.7. The fraction of sp³-hybridized carbons (Fsp3) is 0.458. The van der Waals surface area contributed by atoms with Gasteiger partial charge in [-0.3, -0.25) is 4.79 Å². The first-order valence-corrected chi connectivity index (χ1v) is 12.3. The van der Waals surface area contributed by atoms with Gasteiger partial charge in [0.15, 0.2) is 0 Å². The molecule has 0 atom stereocenters. The lowest BCUT2D eigenvalue weighted by Gasteiger charge is -2.30. The molecule has 1 amide bonds. The van der Waals surface area contributed by atoms with Gasteiger partial charge in [-0.1, -0.05) is 24.3 Å². The van der Waals surface area contributed by atoms with Crippen LogP contribution in [0.5, 0.6) is 0 Å². The fourth-order valence-electron chi connectivity index (χ4n) is 4.72. The van der Waals surface area contributed by atoms with Crippen molar-refractivity contribution >= 4 is 33.3 Å². The van der Waals surface area contributed by atoms with E-state index in [2.05, 4.69) is 44.5 Å². The zero-order chi connectivity index (χ0) is 21.9. The zero-order valence-corrected chi connectivity index (χ0v) is 19.3. The van der Waals surface area contributed by atoms with Gasteiger partial charge in [0.1, 0.15) is 30.1 Å². The third-order valence-electron chi connectivity index (χ3n) is 6.54. The Morgan fingerprint density at radius 2 is 2.03 bits per heavy atom. The number of aryl methyl sites for hydroxylation is 1. The maximum absolute atomic E-state index is 12.9. The standard InChI is InChI=1S/C24H29N5O2S/c1-17-20-22(29-10-7-18-5-2-3-6-19(18)15-29)26-16-27-24(20)32-21(17)23(30)25-8-4-9-28-11-13-31-14-12-28/h2-3,5-6,16H,4,7-15H2,1H3,(H,25,30)/p+1. The highest BCUT2D eigenvalue weighted by molar-refractivity contribution is 7.20. The number of nitrogens with zero attached hydrogens (tertiary/aromatic N) is 3. The number of anilines is 1. The predicted octanol–water partition coefficient (Wildman–Crippen LogP) is 1.60. The Kier molecular flexibility index (Phi) is 6.34. The Morgan fingerprint density at radius 3 is 2.88 bits per heavy atom. The van der Waals surface area contributed by atoms with Crippen molar-refractivity contribution in [3.05, 3.63) is 52.2 Å².